The number of aryl methyl sites for hydroxylation is 1. The quantitative estimate of drug-likeness (QED) is 0.738. The zero-order valence-electron chi connectivity index (χ0n) is 14.6. The highest BCUT2D eigenvalue weighted by Crippen LogP contribution is 2.21. The van der Waals surface area contributed by atoms with Gasteiger partial charge in [0.05, 0.1) is 6.54 Å². The molecule has 1 saturated heterocycles. The summed E-state index contributed by atoms with van der Waals surface area (Å²) in [5.41, 5.74) is 8.07. The third kappa shape index (κ3) is 4.64. The molecule has 134 valence electrons. The lowest BCUT2D eigenvalue weighted by Crippen LogP contribution is -2.34. The predicted molar refractivity (Wildman–Crippen MR) is 98.4 cm³/mol. The summed E-state index contributed by atoms with van der Waals surface area (Å²) < 4.78 is 0. The first-order chi connectivity index (χ1) is 12.2. The van der Waals surface area contributed by atoms with Crippen LogP contribution < -0.4 is 11.1 Å². The first kappa shape index (κ1) is 17.6. The summed E-state index contributed by atoms with van der Waals surface area (Å²) in [6.45, 7) is 4.92. The molecule has 25 heavy (non-hydrogen) atoms. The smallest absolute Gasteiger partial charge is 0.232 e. The molecule has 7 nitrogen and oxygen atoms in total. The standard InChI is InChI=1S/C18H26N6O/c1-2-14-5-3-4-6-15(14)20-18-22-16(21-17(19)23-18)11-24-9-7-13(12-25)8-10-24/h3-6,13,25H,2,7-12H2,1H3,(H3,19,20,21,22,23). The predicted octanol–water partition coefficient (Wildman–Crippen LogP) is 1.96. The second-order valence-corrected chi connectivity index (χ2v) is 6.47. The van der Waals surface area contributed by atoms with Gasteiger partial charge in [-0.2, -0.15) is 15.0 Å². The van der Waals surface area contributed by atoms with Gasteiger partial charge in [-0.25, -0.2) is 0 Å². The van der Waals surface area contributed by atoms with E-state index in [9.17, 15) is 5.11 Å². The molecular weight excluding hydrogens is 316 g/mol. The van der Waals surface area contributed by atoms with Gasteiger partial charge in [-0.15, -0.1) is 0 Å². The maximum Gasteiger partial charge on any atom is 0.232 e. The van der Waals surface area contributed by atoms with E-state index < -0.39 is 0 Å². The summed E-state index contributed by atoms with van der Waals surface area (Å²) in [6.07, 6.45) is 2.94. The first-order valence-electron chi connectivity index (χ1n) is 8.86. The molecule has 4 N–H and O–H groups in total. The highest BCUT2D eigenvalue weighted by molar-refractivity contribution is 5.58. The molecule has 0 spiro atoms. The van der Waals surface area contributed by atoms with Gasteiger partial charge in [0.15, 0.2) is 0 Å². The third-order valence-electron chi connectivity index (χ3n) is 4.67. The number of hydrogen-bond donors (Lipinski definition) is 3. The van der Waals surface area contributed by atoms with Gasteiger partial charge in [0, 0.05) is 12.3 Å². The molecule has 0 bridgehead atoms. The van der Waals surface area contributed by atoms with Crippen molar-refractivity contribution in [2.75, 3.05) is 30.7 Å². The van der Waals surface area contributed by atoms with Crippen molar-refractivity contribution >= 4 is 17.6 Å². The molecule has 0 amide bonds. The van der Waals surface area contributed by atoms with Crippen LogP contribution >= 0.6 is 0 Å². The Morgan fingerprint density at radius 2 is 1.96 bits per heavy atom. The topological polar surface area (TPSA) is 100 Å². The molecule has 0 atom stereocenters. The first-order valence-corrected chi connectivity index (χ1v) is 8.86. The molecule has 1 aromatic carbocycles. The fourth-order valence-corrected chi connectivity index (χ4v) is 3.16. The monoisotopic (exact) mass is 342 g/mol. The number of nitrogen functional groups attached to an aromatic ring is 1. The van der Waals surface area contributed by atoms with E-state index in [4.69, 9.17) is 5.73 Å². The number of nitrogens with two attached hydrogens (primary N) is 1. The minimum Gasteiger partial charge on any atom is -0.396 e. The van der Waals surface area contributed by atoms with Crippen LogP contribution in [0.2, 0.25) is 0 Å². The number of hydrogen-bond acceptors (Lipinski definition) is 7. The van der Waals surface area contributed by atoms with Crippen LogP contribution in [0.5, 0.6) is 0 Å². The van der Waals surface area contributed by atoms with Gasteiger partial charge in [0.1, 0.15) is 5.82 Å². The molecule has 0 radical (unpaired) electrons. The summed E-state index contributed by atoms with van der Waals surface area (Å²) in [4.78, 5) is 15.3. The largest absolute Gasteiger partial charge is 0.396 e. The molecule has 0 aliphatic carbocycles. The van der Waals surface area contributed by atoms with E-state index in [0.717, 1.165) is 38.0 Å². The van der Waals surface area contributed by atoms with Gasteiger partial charge in [-0.3, -0.25) is 4.90 Å². The zero-order chi connectivity index (χ0) is 17.6. The van der Waals surface area contributed by atoms with Gasteiger partial charge in [-0.05, 0) is 49.9 Å². The Morgan fingerprint density at radius 3 is 2.68 bits per heavy atom. The van der Waals surface area contributed by atoms with Crippen LogP contribution in [0, 0.1) is 5.92 Å². The van der Waals surface area contributed by atoms with Crippen LogP contribution in [-0.2, 0) is 13.0 Å². The summed E-state index contributed by atoms with van der Waals surface area (Å²) in [5.74, 6) is 1.80. The fraction of sp³-hybridized carbons (Fsp3) is 0.500. The Morgan fingerprint density at radius 1 is 1.20 bits per heavy atom. The average Bonchev–Trinajstić information content (AvgIpc) is 2.62. The van der Waals surface area contributed by atoms with Gasteiger partial charge in [-0.1, -0.05) is 25.1 Å². The number of piperidine rings is 1. The molecule has 0 unspecified atom stereocenters. The van der Waals surface area contributed by atoms with Crippen molar-refractivity contribution in [3.8, 4) is 0 Å². The Bertz CT molecular complexity index is 700. The number of likely N-dealkylation sites (tertiary alicyclic amines) is 1. The SMILES string of the molecule is CCc1ccccc1Nc1nc(N)nc(CN2CCC(CO)CC2)n1. The maximum absolute atomic E-state index is 9.25. The minimum atomic E-state index is 0.228. The van der Waals surface area contributed by atoms with Crippen LogP contribution in [0.1, 0.15) is 31.2 Å². The van der Waals surface area contributed by atoms with Crippen LogP contribution in [0.4, 0.5) is 17.6 Å². The Balaban J connectivity index is 1.70. The second kappa shape index (κ2) is 8.22. The number of anilines is 3. The van der Waals surface area contributed by atoms with Gasteiger partial charge < -0.3 is 16.2 Å². The molecule has 1 fully saturated rings. The lowest BCUT2D eigenvalue weighted by atomic mass is 9.98. The molecule has 2 aromatic rings. The van der Waals surface area contributed by atoms with E-state index in [-0.39, 0.29) is 12.6 Å². The van der Waals surface area contributed by atoms with Crippen molar-refractivity contribution in [2.45, 2.75) is 32.7 Å². The summed E-state index contributed by atoms with van der Waals surface area (Å²) >= 11 is 0. The van der Waals surface area contributed by atoms with E-state index in [0.29, 0.717) is 24.2 Å². The van der Waals surface area contributed by atoms with Crippen molar-refractivity contribution in [2.24, 2.45) is 5.92 Å². The molecule has 0 saturated carbocycles. The molecule has 1 aliphatic heterocycles. The van der Waals surface area contributed by atoms with Gasteiger partial charge in [0.25, 0.3) is 0 Å². The van der Waals surface area contributed by atoms with Crippen molar-refractivity contribution in [1.29, 1.82) is 0 Å². The van der Waals surface area contributed by atoms with Crippen LogP contribution in [0.25, 0.3) is 0 Å². The number of benzene rings is 1. The highest BCUT2D eigenvalue weighted by Gasteiger charge is 2.19. The third-order valence-corrected chi connectivity index (χ3v) is 4.67. The minimum absolute atomic E-state index is 0.228. The lowest BCUT2D eigenvalue weighted by Gasteiger charge is -2.30. The zero-order valence-corrected chi connectivity index (χ0v) is 14.6. The summed E-state index contributed by atoms with van der Waals surface area (Å²) in [5, 5.41) is 12.5. The van der Waals surface area contributed by atoms with Gasteiger partial charge in [0.2, 0.25) is 11.9 Å². The second-order valence-electron chi connectivity index (χ2n) is 6.47. The van der Waals surface area contributed by atoms with Crippen molar-refractivity contribution < 1.29 is 5.11 Å². The number of aromatic nitrogens is 3. The Labute approximate surface area is 148 Å². The molecule has 7 heteroatoms. The van der Waals surface area contributed by atoms with E-state index in [1.54, 1.807) is 0 Å². The summed E-state index contributed by atoms with van der Waals surface area (Å²) in [6, 6.07) is 8.10. The van der Waals surface area contributed by atoms with E-state index in [2.05, 4.69) is 38.2 Å². The van der Waals surface area contributed by atoms with Crippen molar-refractivity contribution in [3.63, 3.8) is 0 Å². The van der Waals surface area contributed by atoms with Crippen LogP contribution in [0.15, 0.2) is 24.3 Å². The van der Waals surface area contributed by atoms with Crippen molar-refractivity contribution in [3.05, 3.63) is 35.7 Å². The molecule has 1 aromatic heterocycles. The fourth-order valence-electron chi connectivity index (χ4n) is 3.16. The number of aliphatic hydroxyl groups is 1. The number of aliphatic hydroxyl groups excluding tert-OH is 1. The Hall–Kier alpha value is -2.25. The van der Waals surface area contributed by atoms with Crippen molar-refractivity contribution in [1.82, 2.24) is 19.9 Å². The average molecular weight is 342 g/mol. The molecular formula is C18H26N6O. The number of nitrogens with one attached hydrogen (secondary N) is 1. The normalized spacial score (nSPS) is 16.1. The molecule has 3 rings (SSSR count). The van der Waals surface area contributed by atoms with E-state index in [1.165, 1.54) is 5.56 Å². The molecule has 1 aliphatic rings. The maximum atomic E-state index is 9.25. The number of para-hydroxylation sites is 1. The number of nitrogens with zero attached hydrogens (tertiary/aromatic N) is 4. The van der Waals surface area contributed by atoms with E-state index in [1.807, 2.05) is 18.2 Å². The van der Waals surface area contributed by atoms with E-state index >= 15 is 0 Å². The Kier molecular flexibility index (Phi) is 5.78. The highest BCUT2D eigenvalue weighted by atomic mass is 16.3. The molecule has 2 heterocycles. The number of rotatable bonds is 6. The summed E-state index contributed by atoms with van der Waals surface area (Å²) in [7, 11) is 0. The van der Waals surface area contributed by atoms with Crippen LogP contribution in [-0.4, -0.2) is 44.7 Å². The van der Waals surface area contributed by atoms with Gasteiger partial charge >= 0.3 is 0 Å². The van der Waals surface area contributed by atoms with Crippen LogP contribution in [0.3, 0.4) is 0 Å². The lowest BCUT2D eigenvalue weighted by molar-refractivity contribution is 0.125.